The van der Waals surface area contributed by atoms with E-state index in [1.165, 1.54) is 0 Å². The van der Waals surface area contributed by atoms with Crippen LogP contribution in [0.5, 0.6) is 11.5 Å². The topological polar surface area (TPSA) is 77.1 Å². The molecular formula is C17H20N2O5. The average molecular weight is 332 g/mol. The summed E-state index contributed by atoms with van der Waals surface area (Å²) < 4.78 is 15.9. The Kier molecular flexibility index (Phi) is 4.02. The fourth-order valence-electron chi connectivity index (χ4n) is 3.32. The largest absolute Gasteiger partial charge is 0.454 e. The maximum atomic E-state index is 12.3. The zero-order valence-electron chi connectivity index (χ0n) is 13.3. The van der Waals surface area contributed by atoms with Crippen molar-refractivity contribution in [1.82, 2.24) is 5.32 Å². The van der Waals surface area contributed by atoms with Gasteiger partial charge >= 0.3 is 0 Å². The van der Waals surface area contributed by atoms with Crippen molar-refractivity contribution in [2.24, 2.45) is 11.8 Å². The van der Waals surface area contributed by atoms with Gasteiger partial charge in [0.15, 0.2) is 11.5 Å². The molecule has 1 N–H and O–H groups in total. The van der Waals surface area contributed by atoms with E-state index in [2.05, 4.69) is 5.32 Å². The molecule has 3 aliphatic rings. The SMILES string of the molecule is O=C(NC[C@H]1CCOC1)[C@@H]1CC(=O)N(c2ccc3c(c2)OCO3)C1. The predicted molar refractivity (Wildman–Crippen MR) is 85.0 cm³/mol. The minimum atomic E-state index is -0.315. The van der Waals surface area contributed by atoms with E-state index >= 15 is 0 Å². The molecule has 0 aliphatic carbocycles. The fourth-order valence-corrected chi connectivity index (χ4v) is 3.32. The Morgan fingerprint density at radius 2 is 2.17 bits per heavy atom. The lowest BCUT2D eigenvalue weighted by Gasteiger charge is -2.17. The summed E-state index contributed by atoms with van der Waals surface area (Å²) in [5.74, 6) is 1.28. The Hall–Kier alpha value is -2.28. The second-order valence-corrected chi connectivity index (χ2v) is 6.42. The van der Waals surface area contributed by atoms with Gasteiger partial charge in [0.2, 0.25) is 18.6 Å². The van der Waals surface area contributed by atoms with Gasteiger partial charge in [-0.05, 0) is 18.6 Å². The molecule has 3 heterocycles. The molecule has 0 saturated carbocycles. The van der Waals surface area contributed by atoms with Gasteiger partial charge in [0.1, 0.15) is 0 Å². The van der Waals surface area contributed by atoms with Crippen LogP contribution in [0.25, 0.3) is 0 Å². The number of hydrogen-bond acceptors (Lipinski definition) is 5. The summed E-state index contributed by atoms with van der Waals surface area (Å²) in [4.78, 5) is 26.3. The Labute approximate surface area is 139 Å². The van der Waals surface area contributed by atoms with Crippen molar-refractivity contribution in [3.8, 4) is 11.5 Å². The van der Waals surface area contributed by atoms with Crippen molar-refractivity contribution in [2.45, 2.75) is 12.8 Å². The Balaban J connectivity index is 1.38. The molecule has 128 valence electrons. The molecule has 7 nitrogen and oxygen atoms in total. The summed E-state index contributed by atoms with van der Waals surface area (Å²) in [6.07, 6.45) is 1.22. The maximum Gasteiger partial charge on any atom is 0.231 e. The third-order valence-corrected chi connectivity index (χ3v) is 4.75. The van der Waals surface area contributed by atoms with Crippen LogP contribution in [0.3, 0.4) is 0 Å². The van der Waals surface area contributed by atoms with Crippen LogP contribution in [0.2, 0.25) is 0 Å². The predicted octanol–water partition coefficient (Wildman–Crippen LogP) is 0.921. The molecule has 4 rings (SSSR count). The highest BCUT2D eigenvalue weighted by Crippen LogP contribution is 2.37. The highest BCUT2D eigenvalue weighted by atomic mass is 16.7. The molecule has 1 aromatic carbocycles. The fraction of sp³-hybridized carbons (Fsp3) is 0.529. The summed E-state index contributed by atoms with van der Waals surface area (Å²) >= 11 is 0. The van der Waals surface area contributed by atoms with E-state index in [9.17, 15) is 9.59 Å². The molecule has 3 aliphatic heterocycles. The van der Waals surface area contributed by atoms with Crippen LogP contribution in [0.1, 0.15) is 12.8 Å². The molecule has 0 aromatic heterocycles. The van der Waals surface area contributed by atoms with Gasteiger partial charge in [-0.15, -0.1) is 0 Å². The van der Waals surface area contributed by atoms with Gasteiger partial charge in [0.25, 0.3) is 0 Å². The second-order valence-electron chi connectivity index (χ2n) is 6.42. The van der Waals surface area contributed by atoms with Crippen LogP contribution in [0.4, 0.5) is 5.69 Å². The Bertz CT molecular complexity index is 656. The van der Waals surface area contributed by atoms with Gasteiger partial charge in [-0.1, -0.05) is 0 Å². The first-order valence-electron chi connectivity index (χ1n) is 8.26. The number of benzene rings is 1. The highest BCUT2D eigenvalue weighted by Gasteiger charge is 2.35. The first-order chi connectivity index (χ1) is 11.7. The summed E-state index contributed by atoms with van der Waals surface area (Å²) in [5, 5.41) is 2.96. The summed E-state index contributed by atoms with van der Waals surface area (Å²) in [5.41, 5.74) is 0.740. The van der Waals surface area contributed by atoms with Crippen molar-refractivity contribution in [3.05, 3.63) is 18.2 Å². The first-order valence-corrected chi connectivity index (χ1v) is 8.26. The molecule has 24 heavy (non-hydrogen) atoms. The van der Waals surface area contributed by atoms with E-state index in [0.29, 0.717) is 37.1 Å². The number of ether oxygens (including phenoxy) is 3. The number of nitrogens with zero attached hydrogens (tertiary/aromatic N) is 1. The van der Waals surface area contributed by atoms with Gasteiger partial charge in [0.05, 0.1) is 12.5 Å². The van der Waals surface area contributed by atoms with Crippen LogP contribution >= 0.6 is 0 Å². The van der Waals surface area contributed by atoms with Gasteiger partial charge in [-0.2, -0.15) is 0 Å². The molecule has 2 fully saturated rings. The Morgan fingerprint density at radius 3 is 3.00 bits per heavy atom. The molecule has 0 unspecified atom stereocenters. The lowest BCUT2D eigenvalue weighted by Crippen LogP contribution is -2.36. The number of rotatable bonds is 4. The normalized spacial score (nSPS) is 25.3. The van der Waals surface area contributed by atoms with Crippen molar-refractivity contribution in [1.29, 1.82) is 0 Å². The van der Waals surface area contributed by atoms with Crippen molar-refractivity contribution >= 4 is 17.5 Å². The van der Waals surface area contributed by atoms with E-state index in [1.807, 2.05) is 6.07 Å². The van der Waals surface area contributed by atoms with Crippen LogP contribution in [-0.2, 0) is 14.3 Å². The van der Waals surface area contributed by atoms with E-state index in [4.69, 9.17) is 14.2 Å². The third-order valence-electron chi connectivity index (χ3n) is 4.75. The monoisotopic (exact) mass is 332 g/mol. The third kappa shape index (κ3) is 2.91. The molecule has 7 heteroatoms. The van der Waals surface area contributed by atoms with Crippen molar-refractivity contribution < 1.29 is 23.8 Å². The molecule has 2 atom stereocenters. The standard InChI is InChI=1S/C17H20N2O5/c20-16-5-12(17(21)18-7-11-3-4-22-9-11)8-19(16)13-1-2-14-15(6-13)24-10-23-14/h1-2,6,11-12H,3-5,7-10H2,(H,18,21)/t11-,12-/m1/s1. The van der Waals surface area contributed by atoms with Crippen LogP contribution in [-0.4, -0.2) is 44.9 Å². The number of hydrogen-bond donors (Lipinski definition) is 1. The average Bonchev–Trinajstić information content (AvgIpc) is 3.32. The van der Waals surface area contributed by atoms with Gasteiger partial charge in [0, 0.05) is 43.8 Å². The minimum Gasteiger partial charge on any atom is -0.454 e. The molecule has 2 amide bonds. The number of fused-ring (bicyclic) bond motifs is 1. The summed E-state index contributed by atoms with van der Waals surface area (Å²) in [6, 6.07) is 5.40. The smallest absolute Gasteiger partial charge is 0.231 e. The van der Waals surface area contributed by atoms with Gasteiger partial charge < -0.3 is 24.4 Å². The Morgan fingerprint density at radius 1 is 1.29 bits per heavy atom. The summed E-state index contributed by atoms with van der Waals surface area (Å²) in [6.45, 7) is 2.68. The quantitative estimate of drug-likeness (QED) is 0.887. The molecule has 2 saturated heterocycles. The summed E-state index contributed by atoms with van der Waals surface area (Å²) in [7, 11) is 0. The minimum absolute atomic E-state index is 0.0433. The maximum absolute atomic E-state index is 12.3. The van der Waals surface area contributed by atoms with Crippen molar-refractivity contribution in [3.63, 3.8) is 0 Å². The highest BCUT2D eigenvalue weighted by molar-refractivity contribution is 6.00. The molecule has 0 spiro atoms. The van der Waals surface area contributed by atoms with E-state index in [1.54, 1.807) is 17.0 Å². The van der Waals surface area contributed by atoms with Crippen LogP contribution in [0.15, 0.2) is 18.2 Å². The number of nitrogens with one attached hydrogen (secondary N) is 1. The molecule has 0 bridgehead atoms. The molecule has 0 radical (unpaired) electrons. The second kappa shape index (κ2) is 6.32. The van der Waals surface area contributed by atoms with Crippen LogP contribution in [0, 0.1) is 11.8 Å². The van der Waals surface area contributed by atoms with E-state index < -0.39 is 0 Å². The molecular weight excluding hydrogens is 312 g/mol. The van der Waals surface area contributed by atoms with E-state index in [-0.39, 0.29) is 30.9 Å². The van der Waals surface area contributed by atoms with E-state index in [0.717, 1.165) is 18.7 Å². The van der Waals surface area contributed by atoms with Crippen LogP contribution < -0.4 is 19.7 Å². The zero-order chi connectivity index (χ0) is 16.5. The van der Waals surface area contributed by atoms with Crippen molar-refractivity contribution in [2.75, 3.05) is 38.0 Å². The zero-order valence-corrected chi connectivity index (χ0v) is 13.3. The lowest BCUT2D eigenvalue weighted by molar-refractivity contribution is -0.126. The number of amides is 2. The molecule has 1 aromatic rings. The van der Waals surface area contributed by atoms with Gasteiger partial charge in [-0.25, -0.2) is 0 Å². The van der Waals surface area contributed by atoms with Gasteiger partial charge in [-0.3, -0.25) is 9.59 Å². The lowest BCUT2D eigenvalue weighted by atomic mass is 10.1. The number of anilines is 1. The first kappa shape index (κ1) is 15.3. The number of carbonyl (C=O) groups excluding carboxylic acids is 2. The number of carbonyl (C=O) groups is 2.